The number of fused-ring (bicyclic) bond motifs is 1. The molecular weight excluding hydrogens is 438 g/mol. The third kappa shape index (κ3) is 5.12. The molecule has 0 fully saturated rings. The summed E-state index contributed by atoms with van der Waals surface area (Å²) in [7, 11) is 0. The van der Waals surface area contributed by atoms with E-state index in [4.69, 9.17) is 16.3 Å². The zero-order valence-corrected chi connectivity index (χ0v) is 19.5. The predicted octanol–water partition coefficient (Wildman–Crippen LogP) is 5.45. The number of rotatable bonds is 6. The lowest BCUT2D eigenvalue weighted by Gasteiger charge is -2.37. The van der Waals surface area contributed by atoms with Gasteiger partial charge in [-0.3, -0.25) is 15.0 Å². The molecule has 0 aromatic heterocycles. The molecule has 2 amide bonds. The van der Waals surface area contributed by atoms with Gasteiger partial charge in [-0.15, -0.1) is 0 Å². The van der Waals surface area contributed by atoms with Gasteiger partial charge in [-0.05, 0) is 54.3 Å². The molecule has 0 radical (unpaired) electrons. The van der Waals surface area contributed by atoms with E-state index < -0.39 is 12.1 Å². The number of hydrogen-bond donors (Lipinski definition) is 2. The van der Waals surface area contributed by atoms with Gasteiger partial charge in [-0.25, -0.2) is 5.01 Å². The van der Waals surface area contributed by atoms with Crippen LogP contribution in [0.5, 0.6) is 5.75 Å². The Balaban J connectivity index is 1.57. The van der Waals surface area contributed by atoms with Gasteiger partial charge in [0.05, 0.1) is 5.56 Å². The van der Waals surface area contributed by atoms with Crippen LogP contribution in [0.4, 0.5) is 5.69 Å². The average molecular weight is 464 g/mol. The van der Waals surface area contributed by atoms with Crippen molar-refractivity contribution in [1.29, 1.82) is 0 Å². The Kier molecular flexibility index (Phi) is 6.56. The van der Waals surface area contributed by atoms with E-state index >= 15 is 0 Å². The number of hydrazine groups is 1. The molecule has 33 heavy (non-hydrogen) atoms. The van der Waals surface area contributed by atoms with Gasteiger partial charge < -0.3 is 10.1 Å². The molecule has 3 aromatic rings. The molecule has 0 spiro atoms. The van der Waals surface area contributed by atoms with Crippen LogP contribution < -0.4 is 15.5 Å². The smallest absolute Gasteiger partial charge is 0.276 e. The number of nitrogens with zero attached hydrogens (tertiary/aromatic N) is 1. The summed E-state index contributed by atoms with van der Waals surface area (Å²) in [6, 6.07) is 20.5. The fourth-order valence-corrected chi connectivity index (χ4v) is 3.81. The minimum atomic E-state index is -0.587. The SMILES string of the molecule is Cc1ccc(OCC(=O)NN2C(=O)c3cc(Cl)ccc3NC2c2ccc(C(C)C)cc2)cc1. The van der Waals surface area contributed by atoms with Crippen LogP contribution in [0.3, 0.4) is 0 Å². The van der Waals surface area contributed by atoms with Crippen LogP contribution in [-0.2, 0) is 4.79 Å². The van der Waals surface area contributed by atoms with Crippen LogP contribution in [0.2, 0.25) is 5.02 Å². The summed E-state index contributed by atoms with van der Waals surface area (Å²) in [6.07, 6.45) is -0.587. The fourth-order valence-electron chi connectivity index (χ4n) is 3.64. The maximum absolute atomic E-state index is 13.3. The summed E-state index contributed by atoms with van der Waals surface area (Å²) >= 11 is 6.12. The molecule has 7 heteroatoms. The number of halogens is 1. The van der Waals surface area contributed by atoms with Gasteiger partial charge in [-0.1, -0.05) is 67.4 Å². The molecule has 1 aliphatic rings. The Morgan fingerprint density at radius 1 is 1.09 bits per heavy atom. The minimum Gasteiger partial charge on any atom is -0.484 e. The molecule has 1 aliphatic heterocycles. The summed E-state index contributed by atoms with van der Waals surface area (Å²) in [5.41, 5.74) is 6.88. The largest absolute Gasteiger partial charge is 0.484 e. The van der Waals surface area contributed by atoms with Gasteiger partial charge in [0.25, 0.3) is 11.8 Å². The average Bonchev–Trinajstić information content (AvgIpc) is 2.81. The molecule has 6 nitrogen and oxygen atoms in total. The maximum atomic E-state index is 13.3. The Labute approximate surface area is 198 Å². The number of ether oxygens (including phenoxy) is 1. The number of carbonyl (C=O) groups is 2. The van der Waals surface area contributed by atoms with Gasteiger partial charge >= 0.3 is 0 Å². The summed E-state index contributed by atoms with van der Waals surface area (Å²) in [5.74, 6) is 0.169. The van der Waals surface area contributed by atoms with Crippen LogP contribution >= 0.6 is 11.6 Å². The lowest BCUT2D eigenvalue weighted by molar-refractivity contribution is -0.127. The molecular formula is C26H26ClN3O3. The van der Waals surface area contributed by atoms with Gasteiger partial charge in [0, 0.05) is 10.7 Å². The lowest BCUT2D eigenvalue weighted by Crippen LogP contribution is -2.53. The number of amides is 2. The molecule has 4 rings (SSSR count). The van der Waals surface area contributed by atoms with E-state index in [1.807, 2.05) is 43.3 Å². The predicted molar refractivity (Wildman–Crippen MR) is 129 cm³/mol. The second-order valence-electron chi connectivity index (χ2n) is 8.37. The Bertz CT molecular complexity index is 1160. The van der Waals surface area contributed by atoms with Crippen molar-refractivity contribution in [3.63, 3.8) is 0 Å². The van der Waals surface area contributed by atoms with Crippen molar-refractivity contribution in [3.8, 4) is 5.75 Å². The quantitative estimate of drug-likeness (QED) is 0.510. The Hall–Kier alpha value is -3.51. The molecule has 1 heterocycles. The van der Waals surface area contributed by atoms with Crippen molar-refractivity contribution >= 4 is 29.1 Å². The van der Waals surface area contributed by atoms with Crippen molar-refractivity contribution in [1.82, 2.24) is 10.4 Å². The maximum Gasteiger partial charge on any atom is 0.276 e. The highest BCUT2D eigenvalue weighted by atomic mass is 35.5. The van der Waals surface area contributed by atoms with E-state index in [1.165, 1.54) is 10.6 Å². The Morgan fingerprint density at radius 3 is 2.45 bits per heavy atom. The summed E-state index contributed by atoms with van der Waals surface area (Å²) in [5, 5.41) is 5.08. The van der Waals surface area contributed by atoms with E-state index in [2.05, 4.69) is 24.6 Å². The highest BCUT2D eigenvalue weighted by Crippen LogP contribution is 2.34. The van der Waals surface area contributed by atoms with Crippen LogP contribution in [0.15, 0.2) is 66.7 Å². The van der Waals surface area contributed by atoms with Gasteiger partial charge in [0.1, 0.15) is 11.9 Å². The first kappa shape index (κ1) is 22.7. The number of anilines is 1. The molecule has 2 N–H and O–H groups in total. The molecule has 170 valence electrons. The van der Waals surface area contributed by atoms with Gasteiger partial charge in [0.15, 0.2) is 6.61 Å². The highest BCUT2D eigenvalue weighted by molar-refractivity contribution is 6.31. The summed E-state index contributed by atoms with van der Waals surface area (Å²) < 4.78 is 5.58. The van der Waals surface area contributed by atoms with E-state index in [0.29, 0.717) is 27.9 Å². The van der Waals surface area contributed by atoms with Crippen molar-refractivity contribution in [2.45, 2.75) is 32.9 Å². The molecule has 0 aliphatic carbocycles. The summed E-state index contributed by atoms with van der Waals surface area (Å²) in [4.78, 5) is 26.1. The first-order valence-corrected chi connectivity index (χ1v) is 11.2. The number of hydrogen-bond acceptors (Lipinski definition) is 4. The number of benzene rings is 3. The van der Waals surface area contributed by atoms with E-state index in [9.17, 15) is 9.59 Å². The monoisotopic (exact) mass is 463 g/mol. The topological polar surface area (TPSA) is 70.7 Å². The van der Waals surface area contributed by atoms with Gasteiger partial charge in [-0.2, -0.15) is 0 Å². The number of carbonyl (C=O) groups excluding carboxylic acids is 2. The summed E-state index contributed by atoms with van der Waals surface area (Å²) in [6.45, 7) is 5.99. The minimum absolute atomic E-state index is 0.228. The van der Waals surface area contributed by atoms with E-state index in [-0.39, 0.29) is 12.5 Å². The Morgan fingerprint density at radius 2 is 1.79 bits per heavy atom. The van der Waals surface area contributed by atoms with Crippen molar-refractivity contribution in [3.05, 3.63) is 94.0 Å². The van der Waals surface area contributed by atoms with Crippen LogP contribution in [-0.4, -0.2) is 23.4 Å². The third-order valence-corrected chi connectivity index (χ3v) is 5.77. The second-order valence-corrected chi connectivity index (χ2v) is 8.81. The second kappa shape index (κ2) is 9.55. The molecule has 1 unspecified atom stereocenters. The highest BCUT2D eigenvalue weighted by Gasteiger charge is 2.34. The van der Waals surface area contributed by atoms with E-state index in [1.54, 1.807) is 30.3 Å². The third-order valence-electron chi connectivity index (χ3n) is 5.54. The standard InChI is InChI=1S/C26H26ClN3O3/c1-16(2)18-6-8-19(9-7-18)25-28-23-13-10-20(27)14-22(23)26(32)30(25)29-24(31)15-33-21-11-4-17(3)5-12-21/h4-14,16,25,28H,15H2,1-3H3,(H,29,31). The molecule has 0 bridgehead atoms. The lowest BCUT2D eigenvalue weighted by atomic mass is 9.99. The molecule has 0 saturated carbocycles. The zero-order valence-electron chi connectivity index (χ0n) is 18.8. The van der Waals surface area contributed by atoms with Crippen LogP contribution in [0, 0.1) is 6.92 Å². The number of aryl methyl sites for hydroxylation is 1. The van der Waals surface area contributed by atoms with Crippen LogP contribution in [0.25, 0.3) is 0 Å². The first-order valence-electron chi connectivity index (χ1n) is 10.8. The number of nitrogens with one attached hydrogen (secondary N) is 2. The van der Waals surface area contributed by atoms with Crippen LogP contribution in [0.1, 0.15) is 53.0 Å². The van der Waals surface area contributed by atoms with Crippen molar-refractivity contribution in [2.75, 3.05) is 11.9 Å². The van der Waals surface area contributed by atoms with Gasteiger partial charge in [0.2, 0.25) is 0 Å². The molecule has 0 saturated heterocycles. The molecule has 3 aromatic carbocycles. The molecule has 1 atom stereocenters. The normalized spacial score (nSPS) is 15.1. The first-order chi connectivity index (χ1) is 15.8. The fraction of sp³-hybridized carbons (Fsp3) is 0.231. The van der Waals surface area contributed by atoms with E-state index in [0.717, 1.165) is 11.1 Å². The zero-order chi connectivity index (χ0) is 23.5. The van der Waals surface area contributed by atoms with Crippen molar-refractivity contribution in [2.24, 2.45) is 0 Å². The van der Waals surface area contributed by atoms with Crippen molar-refractivity contribution < 1.29 is 14.3 Å².